The summed E-state index contributed by atoms with van der Waals surface area (Å²) in [5.74, 6) is -0.698. The van der Waals surface area contributed by atoms with E-state index in [0.29, 0.717) is 5.92 Å². The van der Waals surface area contributed by atoms with Gasteiger partial charge in [0.25, 0.3) is 0 Å². The number of carboxylic acids is 1. The summed E-state index contributed by atoms with van der Waals surface area (Å²) in [7, 11) is 0. The maximum Gasteiger partial charge on any atom is 0.310 e. The van der Waals surface area contributed by atoms with E-state index >= 15 is 0 Å². The monoisotopic (exact) mass is 206 g/mol. The van der Waals surface area contributed by atoms with Crippen LogP contribution >= 0.6 is 0 Å². The Hall–Kier alpha value is -1.31. The lowest BCUT2D eigenvalue weighted by molar-refractivity contribution is -0.138. The fraction of sp³-hybridized carbons (Fsp3) is 0.462. The van der Waals surface area contributed by atoms with E-state index in [9.17, 15) is 4.79 Å². The first-order chi connectivity index (χ1) is 7.06. The predicted molar refractivity (Wildman–Crippen MR) is 61.2 cm³/mol. The molecule has 0 fully saturated rings. The van der Waals surface area contributed by atoms with Crippen molar-refractivity contribution in [3.8, 4) is 0 Å². The SMILES string of the molecule is CC[C@@H](C)c1cccc([C@@H](C)C(=O)O)c1. The van der Waals surface area contributed by atoms with Crippen molar-refractivity contribution in [3.63, 3.8) is 0 Å². The zero-order valence-electron chi connectivity index (χ0n) is 9.53. The second-order valence-corrected chi connectivity index (χ2v) is 4.04. The molecule has 0 heterocycles. The summed E-state index contributed by atoms with van der Waals surface area (Å²) in [6.07, 6.45) is 1.07. The normalized spacial score (nSPS) is 14.6. The predicted octanol–water partition coefficient (Wildman–Crippen LogP) is 3.39. The van der Waals surface area contributed by atoms with Crippen LogP contribution in [0.4, 0.5) is 0 Å². The van der Waals surface area contributed by atoms with E-state index in [1.54, 1.807) is 6.92 Å². The fourth-order valence-corrected chi connectivity index (χ4v) is 1.51. The summed E-state index contributed by atoms with van der Waals surface area (Å²) in [4.78, 5) is 10.9. The Balaban J connectivity index is 2.97. The number of hydrogen-bond acceptors (Lipinski definition) is 1. The van der Waals surface area contributed by atoms with Crippen LogP contribution in [0.5, 0.6) is 0 Å². The maximum absolute atomic E-state index is 10.9. The van der Waals surface area contributed by atoms with E-state index in [0.717, 1.165) is 12.0 Å². The summed E-state index contributed by atoms with van der Waals surface area (Å²) in [5.41, 5.74) is 2.11. The minimum absolute atomic E-state index is 0.422. The first-order valence-electron chi connectivity index (χ1n) is 5.39. The highest BCUT2D eigenvalue weighted by atomic mass is 16.4. The molecule has 1 aromatic rings. The van der Waals surface area contributed by atoms with Gasteiger partial charge in [-0.05, 0) is 30.4 Å². The largest absolute Gasteiger partial charge is 0.481 e. The second-order valence-electron chi connectivity index (χ2n) is 4.04. The van der Waals surface area contributed by atoms with Gasteiger partial charge in [-0.2, -0.15) is 0 Å². The van der Waals surface area contributed by atoms with Gasteiger partial charge < -0.3 is 5.11 Å². The molecular formula is C13H18O2. The third-order valence-corrected chi connectivity index (χ3v) is 2.96. The molecule has 0 saturated carbocycles. The Morgan fingerprint density at radius 3 is 2.47 bits per heavy atom. The molecule has 0 unspecified atom stereocenters. The van der Waals surface area contributed by atoms with Crippen LogP contribution in [0, 0.1) is 0 Å². The number of carbonyl (C=O) groups is 1. The maximum atomic E-state index is 10.9. The number of carboxylic acid groups (broad SMARTS) is 1. The van der Waals surface area contributed by atoms with Crippen molar-refractivity contribution in [1.29, 1.82) is 0 Å². The minimum Gasteiger partial charge on any atom is -0.481 e. The first-order valence-corrected chi connectivity index (χ1v) is 5.39. The van der Waals surface area contributed by atoms with Crippen molar-refractivity contribution in [2.45, 2.75) is 39.0 Å². The lowest BCUT2D eigenvalue weighted by atomic mass is 9.93. The van der Waals surface area contributed by atoms with Crippen molar-refractivity contribution in [3.05, 3.63) is 35.4 Å². The van der Waals surface area contributed by atoms with Crippen molar-refractivity contribution >= 4 is 5.97 Å². The van der Waals surface area contributed by atoms with E-state index in [2.05, 4.69) is 19.9 Å². The Labute approximate surface area is 90.9 Å². The number of benzene rings is 1. The van der Waals surface area contributed by atoms with Gasteiger partial charge in [0, 0.05) is 0 Å². The summed E-state index contributed by atoms with van der Waals surface area (Å²) in [6, 6.07) is 7.89. The molecule has 15 heavy (non-hydrogen) atoms. The standard InChI is InChI=1S/C13H18O2/c1-4-9(2)11-6-5-7-12(8-11)10(3)13(14)15/h5-10H,4H2,1-3H3,(H,14,15)/t9-,10-/m1/s1. The lowest BCUT2D eigenvalue weighted by Gasteiger charge is -2.12. The Kier molecular flexibility index (Phi) is 3.89. The van der Waals surface area contributed by atoms with Gasteiger partial charge in [0.15, 0.2) is 0 Å². The molecule has 0 radical (unpaired) electrons. The van der Waals surface area contributed by atoms with Crippen molar-refractivity contribution in [2.75, 3.05) is 0 Å². The van der Waals surface area contributed by atoms with Gasteiger partial charge in [0.1, 0.15) is 0 Å². The van der Waals surface area contributed by atoms with Crippen LogP contribution in [0.1, 0.15) is 50.2 Å². The molecule has 0 spiro atoms. The smallest absolute Gasteiger partial charge is 0.310 e. The Morgan fingerprint density at radius 2 is 1.93 bits per heavy atom. The quantitative estimate of drug-likeness (QED) is 0.819. The molecule has 2 atom stereocenters. The van der Waals surface area contributed by atoms with Gasteiger partial charge >= 0.3 is 5.97 Å². The minimum atomic E-state index is -0.767. The number of aliphatic carboxylic acids is 1. The molecule has 0 saturated heterocycles. The van der Waals surface area contributed by atoms with Crippen LogP contribution in [-0.2, 0) is 4.79 Å². The first kappa shape index (κ1) is 11.8. The van der Waals surface area contributed by atoms with Crippen LogP contribution in [0.3, 0.4) is 0 Å². The average molecular weight is 206 g/mol. The van der Waals surface area contributed by atoms with Crippen LogP contribution in [-0.4, -0.2) is 11.1 Å². The molecule has 0 aliphatic heterocycles. The summed E-state index contributed by atoms with van der Waals surface area (Å²) in [6.45, 7) is 6.01. The highest BCUT2D eigenvalue weighted by molar-refractivity contribution is 5.75. The highest BCUT2D eigenvalue weighted by Crippen LogP contribution is 2.23. The molecular weight excluding hydrogens is 188 g/mol. The molecule has 0 aromatic heterocycles. The zero-order valence-corrected chi connectivity index (χ0v) is 9.53. The van der Waals surface area contributed by atoms with E-state index in [4.69, 9.17) is 5.11 Å². The zero-order chi connectivity index (χ0) is 11.4. The molecule has 1 aromatic carbocycles. The molecule has 1 rings (SSSR count). The fourth-order valence-electron chi connectivity index (χ4n) is 1.51. The second kappa shape index (κ2) is 4.96. The van der Waals surface area contributed by atoms with Crippen LogP contribution in [0.2, 0.25) is 0 Å². The molecule has 2 heteroatoms. The van der Waals surface area contributed by atoms with Gasteiger partial charge in [0.05, 0.1) is 5.92 Å². The molecule has 0 aliphatic carbocycles. The van der Waals surface area contributed by atoms with Crippen molar-refractivity contribution in [2.24, 2.45) is 0 Å². The molecule has 82 valence electrons. The van der Waals surface area contributed by atoms with Crippen LogP contribution < -0.4 is 0 Å². The number of hydrogen-bond donors (Lipinski definition) is 1. The summed E-state index contributed by atoms with van der Waals surface area (Å²) in [5, 5.41) is 8.92. The molecule has 0 amide bonds. The Bertz CT molecular complexity index is 344. The van der Waals surface area contributed by atoms with Crippen LogP contribution in [0.15, 0.2) is 24.3 Å². The lowest BCUT2D eigenvalue weighted by Crippen LogP contribution is -2.07. The number of rotatable bonds is 4. The van der Waals surface area contributed by atoms with Gasteiger partial charge in [0.2, 0.25) is 0 Å². The Morgan fingerprint density at radius 1 is 1.33 bits per heavy atom. The molecule has 1 N–H and O–H groups in total. The highest BCUT2D eigenvalue weighted by Gasteiger charge is 2.14. The molecule has 2 nitrogen and oxygen atoms in total. The van der Waals surface area contributed by atoms with Gasteiger partial charge in [-0.15, -0.1) is 0 Å². The van der Waals surface area contributed by atoms with E-state index < -0.39 is 11.9 Å². The summed E-state index contributed by atoms with van der Waals surface area (Å²) >= 11 is 0. The van der Waals surface area contributed by atoms with Crippen molar-refractivity contribution < 1.29 is 9.90 Å². The van der Waals surface area contributed by atoms with Gasteiger partial charge in [-0.25, -0.2) is 0 Å². The van der Waals surface area contributed by atoms with E-state index in [-0.39, 0.29) is 0 Å². The van der Waals surface area contributed by atoms with Crippen molar-refractivity contribution in [1.82, 2.24) is 0 Å². The van der Waals surface area contributed by atoms with Gasteiger partial charge in [-0.1, -0.05) is 38.1 Å². The van der Waals surface area contributed by atoms with E-state index in [1.807, 2.05) is 18.2 Å². The molecule has 0 aliphatic rings. The van der Waals surface area contributed by atoms with Crippen LogP contribution in [0.25, 0.3) is 0 Å². The third kappa shape index (κ3) is 2.82. The van der Waals surface area contributed by atoms with Gasteiger partial charge in [-0.3, -0.25) is 4.79 Å². The molecule has 0 bridgehead atoms. The topological polar surface area (TPSA) is 37.3 Å². The van der Waals surface area contributed by atoms with E-state index in [1.165, 1.54) is 5.56 Å². The third-order valence-electron chi connectivity index (χ3n) is 2.96. The summed E-state index contributed by atoms with van der Waals surface area (Å²) < 4.78 is 0. The average Bonchev–Trinajstić information content (AvgIpc) is 2.27.